The van der Waals surface area contributed by atoms with Crippen LogP contribution < -0.4 is 10.6 Å². The van der Waals surface area contributed by atoms with E-state index in [0.29, 0.717) is 21.2 Å². The average Bonchev–Trinajstić information content (AvgIpc) is 2.89. The minimum Gasteiger partial charge on any atom is -0.355 e. The molecule has 0 atom stereocenters. The van der Waals surface area contributed by atoms with Gasteiger partial charge in [0, 0.05) is 17.5 Å². The van der Waals surface area contributed by atoms with E-state index in [9.17, 15) is 9.59 Å². The summed E-state index contributed by atoms with van der Waals surface area (Å²) >= 11 is 7.57. The summed E-state index contributed by atoms with van der Waals surface area (Å²) in [6.45, 7) is 4.05. The summed E-state index contributed by atoms with van der Waals surface area (Å²) in [6.07, 6.45) is 0.899. The third kappa shape index (κ3) is 3.48. The fourth-order valence-corrected chi connectivity index (χ4v) is 3.25. The van der Waals surface area contributed by atoms with Gasteiger partial charge in [-0.25, -0.2) is 0 Å². The van der Waals surface area contributed by atoms with Gasteiger partial charge in [-0.05, 0) is 43.2 Å². The summed E-state index contributed by atoms with van der Waals surface area (Å²) in [5.74, 6) is -0.448. The molecule has 116 valence electrons. The van der Waals surface area contributed by atoms with Crippen LogP contribution in [0, 0.1) is 6.92 Å². The van der Waals surface area contributed by atoms with E-state index in [1.54, 1.807) is 25.2 Å². The number of rotatable bonds is 4. The van der Waals surface area contributed by atoms with E-state index in [0.717, 1.165) is 12.0 Å². The van der Waals surface area contributed by atoms with Crippen molar-refractivity contribution in [1.82, 2.24) is 5.32 Å². The number of benzene rings is 1. The Kier molecular flexibility index (Phi) is 5.21. The van der Waals surface area contributed by atoms with Crippen LogP contribution in [0.2, 0.25) is 5.02 Å². The Morgan fingerprint density at radius 3 is 2.55 bits per heavy atom. The minimum absolute atomic E-state index is 0.219. The second kappa shape index (κ2) is 6.94. The third-order valence-corrected chi connectivity index (χ3v) is 4.98. The lowest BCUT2D eigenvalue weighted by atomic mass is 10.2. The predicted octanol–water partition coefficient (Wildman–Crippen LogP) is 3.88. The van der Waals surface area contributed by atoms with Crippen molar-refractivity contribution in [2.75, 3.05) is 12.4 Å². The number of thiophene rings is 1. The van der Waals surface area contributed by atoms with Crippen LogP contribution in [0.1, 0.15) is 37.4 Å². The first kappa shape index (κ1) is 16.5. The minimum atomic E-state index is -0.229. The predicted molar refractivity (Wildman–Crippen MR) is 91.2 cm³/mol. The quantitative estimate of drug-likeness (QED) is 0.890. The van der Waals surface area contributed by atoms with Crippen LogP contribution in [0.25, 0.3) is 0 Å². The normalized spacial score (nSPS) is 10.4. The standard InChI is InChI=1S/C16H17ClN2O2S/c1-4-13-9(2)7-14(22-13)16(21)19-12-8-10(15(20)18-3)5-6-11(12)17/h5-8H,4H2,1-3H3,(H,18,20)(H,19,21). The van der Waals surface area contributed by atoms with Gasteiger partial charge in [0.2, 0.25) is 0 Å². The first-order valence-electron chi connectivity index (χ1n) is 6.88. The Morgan fingerprint density at radius 2 is 1.95 bits per heavy atom. The van der Waals surface area contributed by atoms with Crippen molar-refractivity contribution in [2.24, 2.45) is 0 Å². The van der Waals surface area contributed by atoms with Crippen LogP contribution in [0.4, 0.5) is 5.69 Å². The molecule has 1 heterocycles. The Balaban J connectivity index is 2.25. The lowest BCUT2D eigenvalue weighted by Gasteiger charge is -2.08. The molecule has 0 aliphatic carbocycles. The highest BCUT2D eigenvalue weighted by atomic mass is 35.5. The molecule has 2 N–H and O–H groups in total. The van der Waals surface area contributed by atoms with Crippen molar-refractivity contribution in [3.63, 3.8) is 0 Å². The van der Waals surface area contributed by atoms with E-state index in [4.69, 9.17) is 11.6 Å². The molecule has 22 heavy (non-hydrogen) atoms. The van der Waals surface area contributed by atoms with E-state index in [-0.39, 0.29) is 11.8 Å². The van der Waals surface area contributed by atoms with E-state index in [1.807, 2.05) is 13.0 Å². The molecule has 0 spiro atoms. The van der Waals surface area contributed by atoms with Gasteiger partial charge in [-0.2, -0.15) is 0 Å². The van der Waals surface area contributed by atoms with Crippen molar-refractivity contribution in [1.29, 1.82) is 0 Å². The maximum Gasteiger partial charge on any atom is 0.265 e. The second-order valence-electron chi connectivity index (χ2n) is 4.80. The number of amides is 2. The highest BCUT2D eigenvalue weighted by Crippen LogP contribution is 2.26. The van der Waals surface area contributed by atoms with Gasteiger partial charge in [-0.15, -0.1) is 11.3 Å². The molecule has 0 saturated carbocycles. The summed E-state index contributed by atoms with van der Waals surface area (Å²) < 4.78 is 0. The Hall–Kier alpha value is -1.85. The molecule has 6 heteroatoms. The van der Waals surface area contributed by atoms with Gasteiger partial charge < -0.3 is 10.6 Å². The van der Waals surface area contributed by atoms with Crippen molar-refractivity contribution in [2.45, 2.75) is 20.3 Å². The molecule has 0 fully saturated rings. The van der Waals surface area contributed by atoms with E-state index >= 15 is 0 Å². The molecule has 4 nitrogen and oxygen atoms in total. The van der Waals surface area contributed by atoms with E-state index < -0.39 is 0 Å². The van der Waals surface area contributed by atoms with Gasteiger partial charge in [0.05, 0.1) is 15.6 Å². The lowest BCUT2D eigenvalue weighted by molar-refractivity contribution is 0.0961. The molecule has 2 aromatic rings. The molecule has 0 bridgehead atoms. The molecular weight excluding hydrogens is 320 g/mol. The number of carbonyl (C=O) groups excluding carboxylic acids is 2. The number of carbonyl (C=O) groups is 2. The number of hydrogen-bond donors (Lipinski definition) is 2. The van der Waals surface area contributed by atoms with Crippen LogP contribution in [0.15, 0.2) is 24.3 Å². The maximum atomic E-state index is 12.3. The van der Waals surface area contributed by atoms with Crippen molar-refractivity contribution in [3.05, 3.63) is 50.2 Å². The Bertz CT molecular complexity index is 725. The molecule has 2 rings (SSSR count). The monoisotopic (exact) mass is 336 g/mol. The summed E-state index contributed by atoms with van der Waals surface area (Å²) in [6, 6.07) is 6.65. The average molecular weight is 337 g/mol. The first-order valence-corrected chi connectivity index (χ1v) is 8.08. The first-order chi connectivity index (χ1) is 10.5. The van der Waals surface area contributed by atoms with Crippen molar-refractivity contribution >= 4 is 40.4 Å². The highest BCUT2D eigenvalue weighted by Gasteiger charge is 2.14. The zero-order valence-electron chi connectivity index (χ0n) is 12.6. The lowest BCUT2D eigenvalue weighted by Crippen LogP contribution is -2.18. The molecule has 0 unspecified atom stereocenters. The van der Waals surface area contributed by atoms with Crippen molar-refractivity contribution in [3.8, 4) is 0 Å². The number of aryl methyl sites for hydroxylation is 2. The molecule has 2 amide bonds. The van der Waals surface area contributed by atoms with Gasteiger partial charge in [0.15, 0.2) is 0 Å². The molecule has 0 aliphatic heterocycles. The van der Waals surface area contributed by atoms with Gasteiger partial charge in [0.25, 0.3) is 11.8 Å². The summed E-state index contributed by atoms with van der Waals surface area (Å²) in [5, 5.41) is 5.70. The highest BCUT2D eigenvalue weighted by molar-refractivity contribution is 7.14. The van der Waals surface area contributed by atoms with Crippen molar-refractivity contribution < 1.29 is 9.59 Å². The number of nitrogens with one attached hydrogen (secondary N) is 2. The topological polar surface area (TPSA) is 58.2 Å². The second-order valence-corrected chi connectivity index (χ2v) is 6.34. The summed E-state index contributed by atoms with van der Waals surface area (Å²) in [4.78, 5) is 25.8. The molecule has 1 aromatic heterocycles. The number of halogens is 1. The molecule has 0 saturated heterocycles. The van der Waals surface area contributed by atoms with Crippen LogP contribution in [-0.4, -0.2) is 18.9 Å². The molecular formula is C16H17ClN2O2S. The SMILES string of the molecule is CCc1sc(C(=O)Nc2cc(C(=O)NC)ccc2Cl)cc1C. The summed E-state index contributed by atoms with van der Waals surface area (Å²) in [5.41, 5.74) is 1.98. The van der Waals surface area contributed by atoms with Gasteiger partial charge in [-0.1, -0.05) is 18.5 Å². The number of anilines is 1. The van der Waals surface area contributed by atoms with Gasteiger partial charge in [0.1, 0.15) is 0 Å². The van der Waals surface area contributed by atoms with E-state index in [2.05, 4.69) is 17.6 Å². The number of hydrogen-bond acceptors (Lipinski definition) is 3. The zero-order valence-corrected chi connectivity index (χ0v) is 14.2. The smallest absolute Gasteiger partial charge is 0.265 e. The van der Waals surface area contributed by atoms with Crippen LogP contribution >= 0.6 is 22.9 Å². The molecule has 1 aromatic carbocycles. The van der Waals surface area contributed by atoms with Crippen LogP contribution in [-0.2, 0) is 6.42 Å². The fourth-order valence-electron chi connectivity index (χ4n) is 2.07. The Morgan fingerprint density at radius 1 is 1.23 bits per heavy atom. The largest absolute Gasteiger partial charge is 0.355 e. The van der Waals surface area contributed by atoms with E-state index in [1.165, 1.54) is 16.2 Å². The fraction of sp³-hybridized carbons (Fsp3) is 0.250. The zero-order chi connectivity index (χ0) is 16.3. The van der Waals surface area contributed by atoms with Crippen LogP contribution in [0.3, 0.4) is 0 Å². The summed E-state index contributed by atoms with van der Waals surface area (Å²) in [7, 11) is 1.55. The Labute approximate surface area is 138 Å². The molecule has 0 aliphatic rings. The molecule has 0 radical (unpaired) electrons. The van der Waals surface area contributed by atoms with Crippen LogP contribution in [0.5, 0.6) is 0 Å². The van der Waals surface area contributed by atoms with Gasteiger partial charge in [-0.3, -0.25) is 9.59 Å². The third-order valence-electron chi connectivity index (χ3n) is 3.27. The maximum absolute atomic E-state index is 12.3. The van der Waals surface area contributed by atoms with Gasteiger partial charge >= 0.3 is 0 Å².